The number of urea groups is 1. The van der Waals surface area contributed by atoms with Gasteiger partial charge >= 0.3 is 12.0 Å². The van der Waals surface area contributed by atoms with E-state index in [9.17, 15) is 9.59 Å². The molecule has 7 nitrogen and oxygen atoms in total. The topological polar surface area (TPSA) is 96.9 Å². The molecular formula is C21H24N2O5. The van der Waals surface area contributed by atoms with Crippen molar-refractivity contribution in [3.05, 3.63) is 58.7 Å². The van der Waals surface area contributed by atoms with Crippen LogP contribution >= 0.6 is 0 Å². The van der Waals surface area contributed by atoms with Crippen LogP contribution < -0.4 is 20.1 Å². The van der Waals surface area contributed by atoms with Crippen LogP contribution in [0.2, 0.25) is 0 Å². The minimum absolute atomic E-state index is 0.142. The van der Waals surface area contributed by atoms with Crippen molar-refractivity contribution in [3.63, 3.8) is 0 Å². The number of amides is 2. The summed E-state index contributed by atoms with van der Waals surface area (Å²) >= 11 is 0. The minimum Gasteiger partial charge on any atom is -0.494 e. The molecule has 3 N–H and O–H groups in total. The lowest BCUT2D eigenvalue weighted by atomic mass is 10.1. The van der Waals surface area contributed by atoms with E-state index in [1.54, 1.807) is 12.1 Å². The Labute approximate surface area is 163 Å². The lowest BCUT2D eigenvalue weighted by Gasteiger charge is -2.14. The van der Waals surface area contributed by atoms with Gasteiger partial charge in [-0.25, -0.2) is 9.59 Å². The van der Waals surface area contributed by atoms with E-state index in [1.165, 1.54) is 12.1 Å². The maximum atomic E-state index is 12.1. The van der Waals surface area contributed by atoms with Crippen molar-refractivity contribution in [1.29, 1.82) is 0 Å². The van der Waals surface area contributed by atoms with Crippen molar-refractivity contribution >= 4 is 12.0 Å². The van der Waals surface area contributed by atoms with Gasteiger partial charge in [0.05, 0.1) is 12.2 Å². The van der Waals surface area contributed by atoms with Gasteiger partial charge in [-0.1, -0.05) is 12.1 Å². The Bertz CT molecular complexity index is 864. The van der Waals surface area contributed by atoms with Crippen molar-refractivity contribution in [2.45, 2.75) is 39.5 Å². The Balaban J connectivity index is 1.56. The third kappa shape index (κ3) is 4.73. The fourth-order valence-electron chi connectivity index (χ4n) is 3.10. The standard InChI is InChI=1S/C21H24N2O5/c1-3-27-18-9-16-8-13(2)28-19(16)10-17(18)12-23-21(26)22-11-14-4-6-15(7-5-14)20(24)25/h4-7,9-10,13H,3,8,11-12H2,1-2H3,(H,24,25)(H2,22,23,26). The summed E-state index contributed by atoms with van der Waals surface area (Å²) in [5, 5.41) is 14.5. The number of nitrogens with one attached hydrogen (secondary N) is 2. The monoisotopic (exact) mass is 384 g/mol. The molecule has 148 valence electrons. The number of rotatable bonds is 7. The van der Waals surface area contributed by atoms with Gasteiger partial charge in [-0.2, -0.15) is 0 Å². The summed E-state index contributed by atoms with van der Waals surface area (Å²) in [7, 11) is 0. The minimum atomic E-state index is -0.977. The smallest absolute Gasteiger partial charge is 0.335 e. The molecule has 0 radical (unpaired) electrons. The highest BCUT2D eigenvalue weighted by molar-refractivity contribution is 5.87. The van der Waals surface area contributed by atoms with Gasteiger partial charge in [0.15, 0.2) is 0 Å². The molecule has 1 heterocycles. The highest BCUT2D eigenvalue weighted by Crippen LogP contribution is 2.35. The van der Waals surface area contributed by atoms with Crippen LogP contribution in [0.4, 0.5) is 4.79 Å². The molecule has 0 fully saturated rings. The first kappa shape index (κ1) is 19.5. The molecule has 7 heteroatoms. The number of ether oxygens (including phenoxy) is 2. The quantitative estimate of drug-likeness (QED) is 0.682. The van der Waals surface area contributed by atoms with Crippen molar-refractivity contribution in [2.24, 2.45) is 0 Å². The Morgan fingerprint density at radius 1 is 1.18 bits per heavy atom. The molecule has 1 atom stereocenters. The number of carbonyl (C=O) groups is 2. The number of hydrogen-bond acceptors (Lipinski definition) is 4. The first-order chi connectivity index (χ1) is 13.5. The first-order valence-electron chi connectivity index (χ1n) is 9.25. The van der Waals surface area contributed by atoms with E-state index in [-0.39, 0.29) is 17.7 Å². The van der Waals surface area contributed by atoms with Gasteiger partial charge in [-0.3, -0.25) is 0 Å². The fourth-order valence-corrected chi connectivity index (χ4v) is 3.10. The average molecular weight is 384 g/mol. The highest BCUT2D eigenvalue weighted by Gasteiger charge is 2.22. The third-order valence-corrected chi connectivity index (χ3v) is 4.47. The van der Waals surface area contributed by atoms with E-state index in [1.807, 2.05) is 26.0 Å². The predicted octanol–water partition coefficient (Wildman–Crippen LogP) is 3.11. The molecule has 2 amide bonds. The summed E-state index contributed by atoms with van der Waals surface area (Å²) < 4.78 is 11.5. The van der Waals surface area contributed by atoms with E-state index in [4.69, 9.17) is 14.6 Å². The van der Waals surface area contributed by atoms with Gasteiger partial charge in [0, 0.05) is 30.6 Å². The van der Waals surface area contributed by atoms with E-state index >= 15 is 0 Å². The largest absolute Gasteiger partial charge is 0.494 e. The van der Waals surface area contributed by atoms with Crippen LogP contribution in [0, 0.1) is 0 Å². The number of carboxylic acid groups (broad SMARTS) is 1. The van der Waals surface area contributed by atoms with Gasteiger partial charge < -0.3 is 25.2 Å². The zero-order valence-electron chi connectivity index (χ0n) is 16.0. The fraction of sp³-hybridized carbons (Fsp3) is 0.333. The second-order valence-electron chi connectivity index (χ2n) is 6.67. The molecule has 0 saturated carbocycles. The van der Waals surface area contributed by atoms with E-state index in [0.717, 1.165) is 34.6 Å². The molecule has 0 spiro atoms. The summed E-state index contributed by atoms with van der Waals surface area (Å²) in [6.07, 6.45) is 0.994. The zero-order valence-corrected chi connectivity index (χ0v) is 16.0. The van der Waals surface area contributed by atoms with Crippen LogP contribution in [0.15, 0.2) is 36.4 Å². The normalized spacial score (nSPS) is 14.7. The number of fused-ring (bicyclic) bond motifs is 1. The third-order valence-electron chi connectivity index (χ3n) is 4.47. The molecule has 0 saturated heterocycles. The zero-order chi connectivity index (χ0) is 20.1. The number of carboxylic acids is 1. The number of aromatic carboxylic acids is 1. The van der Waals surface area contributed by atoms with Crippen LogP contribution in [-0.4, -0.2) is 29.8 Å². The summed E-state index contributed by atoms with van der Waals surface area (Å²) in [5.74, 6) is 0.616. The van der Waals surface area contributed by atoms with E-state index in [2.05, 4.69) is 10.6 Å². The lowest BCUT2D eigenvalue weighted by Crippen LogP contribution is -2.34. The number of benzene rings is 2. The molecule has 2 aromatic rings. The van der Waals surface area contributed by atoms with Crippen LogP contribution in [0.5, 0.6) is 11.5 Å². The predicted molar refractivity (Wildman–Crippen MR) is 104 cm³/mol. The molecule has 2 aromatic carbocycles. The number of carbonyl (C=O) groups excluding carboxylic acids is 1. The van der Waals surface area contributed by atoms with E-state index in [0.29, 0.717) is 19.7 Å². The summed E-state index contributed by atoms with van der Waals surface area (Å²) in [5.41, 5.74) is 3.00. The van der Waals surface area contributed by atoms with Crippen molar-refractivity contribution in [3.8, 4) is 11.5 Å². The van der Waals surface area contributed by atoms with Gasteiger partial charge in [0.1, 0.15) is 17.6 Å². The van der Waals surface area contributed by atoms with Gasteiger partial charge in [0.2, 0.25) is 0 Å². The number of hydrogen-bond donors (Lipinski definition) is 3. The lowest BCUT2D eigenvalue weighted by molar-refractivity contribution is 0.0697. The van der Waals surface area contributed by atoms with Crippen LogP contribution in [0.1, 0.15) is 40.9 Å². The Hall–Kier alpha value is -3.22. The first-order valence-corrected chi connectivity index (χ1v) is 9.25. The maximum absolute atomic E-state index is 12.1. The molecule has 28 heavy (non-hydrogen) atoms. The average Bonchev–Trinajstić information content (AvgIpc) is 3.03. The second kappa shape index (κ2) is 8.65. The maximum Gasteiger partial charge on any atom is 0.335 e. The van der Waals surface area contributed by atoms with Gasteiger partial charge in [0.25, 0.3) is 0 Å². The molecule has 1 aliphatic heterocycles. The summed E-state index contributed by atoms with van der Waals surface area (Å²) in [6, 6.07) is 9.97. The summed E-state index contributed by atoms with van der Waals surface area (Å²) in [4.78, 5) is 23.0. The van der Waals surface area contributed by atoms with Crippen molar-refractivity contribution in [2.75, 3.05) is 6.61 Å². The van der Waals surface area contributed by atoms with Crippen molar-refractivity contribution in [1.82, 2.24) is 10.6 Å². The molecular weight excluding hydrogens is 360 g/mol. The highest BCUT2D eigenvalue weighted by atomic mass is 16.5. The van der Waals surface area contributed by atoms with E-state index < -0.39 is 5.97 Å². The molecule has 0 bridgehead atoms. The molecule has 3 rings (SSSR count). The SMILES string of the molecule is CCOc1cc2c(cc1CNC(=O)NCc1ccc(C(=O)O)cc1)OC(C)C2. The van der Waals surface area contributed by atoms with Crippen LogP contribution in [-0.2, 0) is 19.5 Å². The van der Waals surface area contributed by atoms with Gasteiger partial charge in [-0.05, 0) is 43.7 Å². The molecule has 0 aromatic heterocycles. The summed E-state index contributed by atoms with van der Waals surface area (Å²) in [6.45, 7) is 5.10. The van der Waals surface area contributed by atoms with Crippen LogP contribution in [0.25, 0.3) is 0 Å². The Morgan fingerprint density at radius 3 is 2.57 bits per heavy atom. The van der Waals surface area contributed by atoms with Gasteiger partial charge in [-0.15, -0.1) is 0 Å². The van der Waals surface area contributed by atoms with Crippen LogP contribution in [0.3, 0.4) is 0 Å². The molecule has 0 aliphatic carbocycles. The van der Waals surface area contributed by atoms with Crippen molar-refractivity contribution < 1.29 is 24.2 Å². The second-order valence-corrected chi connectivity index (χ2v) is 6.67. The molecule has 1 unspecified atom stereocenters. The Morgan fingerprint density at radius 2 is 1.89 bits per heavy atom. The molecule has 1 aliphatic rings. The Kier molecular flexibility index (Phi) is 6.03.